The van der Waals surface area contributed by atoms with Crippen LogP contribution in [0.15, 0.2) is 23.7 Å². The lowest BCUT2D eigenvalue weighted by Gasteiger charge is -2.39. The van der Waals surface area contributed by atoms with E-state index in [0.717, 1.165) is 21.6 Å². The first-order chi connectivity index (χ1) is 16.4. The van der Waals surface area contributed by atoms with Gasteiger partial charge in [-0.3, -0.25) is 5.32 Å². The maximum absolute atomic E-state index is 13.5. The Kier molecular flexibility index (Phi) is 6.09. The number of rotatable bonds is 4. The quantitative estimate of drug-likeness (QED) is 0.574. The van der Waals surface area contributed by atoms with E-state index in [0.29, 0.717) is 50.6 Å². The predicted octanol–water partition coefficient (Wildman–Crippen LogP) is 3.20. The van der Waals surface area contributed by atoms with Crippen LogP contribution in [0.5, 0.6) is 0 Å². The van der Waals surface area contributed by atoms with Gasteiger partial charge in [-0.1, -0.05) is 0 Å². The van der Waals surface area contributed by atoms with Crippen LogP contribution in [-0.2, 0) is 4.84 Å². The zero-order chi connectivity index (χ0) is 23.8. The number of nitrogens with two attached hydrogens (primary N) is 1. The highest BCUT2D eigenvalue weighted by molar-refractivity contribution is 7.16. The van der Waals surface area contributed by atoms with Gasteiger partial charge in [0.2, 0.25) is 5.95 Å². The molecule has 2 aliphatic heterocycles. The van der Waals surface area contributed by atoms with Crippen LogP contribution >= 0.6 is 11.3 Å². The summed E-state index contributed by atoms with van der Waals surface area (Å²) in [5.74, 6) is 0.917. The Morgan fingerprint density at radius 1 is 1.26 bits per heavy atom. The maximum Gasteiger partial charge on any atom is 0.430 e. The standard InChI is InChI=1S/C22H27FN8O2S/c1-13-9-16(29-6-5-15(23)11-29)3-4-17(13)26-22(32)33-30-7-8-31(14(2)10-30)19-18-20(34-12-25-18)28-21(24)27-19/h3-4,9,12,14-15H,5-8,10-11H2,1-2H3,(H,26,32)(H2,24,27,28)/t14?,15-/m0/s1. The summed E-state index contributed by atoms with van der Waals surface area (Å²) in [7, 11) is 0. The Morgan fingerprint density at radius 3 is 2.85 bits per heavy atom. The number of alkyl halides is 1. The number of hydroxylamine groups is 2. The number of thiazole rings is 1. The molecule has 2 atom stereocenters. The van der Waals surface area contributed by atoms with Gasteiger partial charge < -0.3 is 20.4 Å². The molecule has 5 rings (SSSR count). The summed E-state index contributed by atoms with van der Waals surface area (Å²) >= 11 is 1.42. The molecule has 2 aromatic heterocycles. The lowest BCUT2D eigenvalue weighted by atomic mass is 10.1. The molecule has 0 saturated carbocycles. The van der Waals surface area contributed by atoms with Crippen molar-refractivity contribution in [2.24, 2.45) is 0 Å². The van der Waals surface area contributed by atoms with Crippen LogP contribution in [0.3, 0.4) is 0 Å². The number of benzene rings is 1. The lowest BCUT2D eigenvalue weighted by molar-refractivity contribution is -0.103. The van der Waals surface area contributed by atoms with Gasteiger partial charge in [0.15, 0.2) is 10.6 Å². The van der Waals surface area contributed by atoms with Crippen LogP contribution in [-0.4, -0.2) is 71.0 Å². The summed E-state index contributed by atoms with van der Waals surface area (Å²) in [5, 5.41) is 4.46. The van der Waals surface area contributed by atoms with Crippen molar-refractivity contribution in [2.45, 2.75) is 32.5 Å². The van der Waals surface area contributed by atoms with Crippen LogP contribution in [0.1, 0.15) is 18.9 Å². The van der Waals surface area contributed by atoms with Gasteiger partial charge in [0.05, 0.1) is 18.6 Å². The van der Waals surface area contributed by atoms with Gasteiger partial charge in [-0.05, 0) is 44.0 Å². The molecule has 3 N–H and O–H groups in total. The average molecular weight is 487 g/mol. The largest absolute Gasteiger partial charge is 0.430 e. The number of nitrogen functional groups attached to an aromatic ring is 1. The van der Waals surface area contributed by atoms with Crippen molar-refractivity contribution in [1.82, 2.24) is 20.0 Å². The van der Waals surface area contributed by atoms with E-state index < -0.39 is 12.3 Å². The van der Waals surface area contributed by atoms with Gasteiger partial charge >= 0.3 is 6.09 Å². The molecule has 2 fully saturated rings. The zero-order valence-corrected chi connectivity index (χ0v) is 19.9. The molecule has 1 unspecified atom stereocenters. The van der Waals surface area contributed by atoms with Crippen molar-refractivity contribution in [3.8, 4) is 0 Å². The number of piperazine rings is 1. The molecule has 10 nitrogen and oxygen atoms in total. The molecule has 2 saturated heterocycles. The molecule has 4 heterocycles. The van der Waals surface area contributed by atoms with E-state index in [1.807, 2.05) is 36.9 Å². The van der Waals surface area contributed by atoms with Crippen LogP contribution in [0.2, 0.25) is 0 Å². The number of carbonyl (C=O) groups is 1. The number of hydrogen-bond donors (Lipinski definition) is 2. The first-order valence-electron chi connectivity index (χ1n) is 11.2. The van der Waals surface area contributed by atoms with Gasteiger partial charge in [0.25, 0.3) is 0 Å². The summed E-state index contributed by atoms with van der Waals surface area (Å²) in [5.41, 5.74) is 10.9. The number of nitrogens with zero attached hydrogens (tertiary/aromatic N) is 6. The number of nitrogens with one attached hydrogen (secondary N) is 1. The van der Waals surface area contributed by atoms with E-state index in [4.69, 9.17) is 10.6 Å². The minimum Gasteiger partial charge on any atom is -0.368 e. The predicted molar refractivity (Wildman–Crippen MR) is 131 cm³/mol. The molecular formula is C22H27FN8O2S. The number of anilines is 4. The molecule has 3 aromatic rings. The summed E-state index contributed by atoms with van der Waals surface area (Å²) in [4.78, 5) is 36.1. The molecule has 12 heteroatoms. The Morgan fingerprint density at radius 2 is 2.12 bits per heavy atom. The molecule has 0 aliphatic carbocycles. The SMILES string of the molecule is Cc1cc(N2CC[C@H](F)C2)ccc1NC(=O)ON1CCN(c2nc(N)nc3scnc23)C(C)C1. The fraction of sp³-hybridized carbons (Fsp3) is 0.455. The smallest absolute Gasteiger partial charge is 0.368 e. The summed E-state index contributed by atoms with van der Waals surface area (Å²) in [6.45, 7) is 6.66. The Labute approximate surface area is 200 Å². The topological polar surface area (TPSA) is 113 Å². The molecule has 0 spiro atoms. The Hall–Kier alpha value is -3.25. The van der Waals surface area contributed by atoms with Crippen LogP contribution in [0.4, 0.5) is 32.3 Å². The normalized spacial score (nSPS) is 21.3. The minimum atomic E-state index is -0.782. The number of fused-ring (bicyclic) bond motifs is 1. The molecule has 1 aromatic carbocycles. The number of amides is 1. The third kappa shape index (κ3) is 4.55. The highest BCUT2D eigenvalue weighted by Crippen LogP contribution is 2.29. The monoisotopic (exact) mass is 486 g/mol. The van der Waals surface area contributed by atoms with Gasteiger partial charge in [-0.15, -0.1) is 16.4 Å². The molecule has 1 amide bonds. The Balaban J connectivity index is 1.19. The van der Waals surface area contributed by atoms with Crippen molar-refractivity contribution >= 4 is 50.9 Å². The summed E-state index contributed by atoms with van der Waals surface area (Å²) < 4.78 is 13.5. The number of hydrogen-bond acceptors (Lipinski definition) is 10. The fourth-order valence-corrected chi connectivity index (χ4v) is 5.13. The second kappa shape index (κ2) is 9.18. The fourth-order valence-electron chi connectivity index (χ4n) is 4.47. The first-order valence-corrected chi connectivity index (χ1v) is 12.1. The van der Waals surface area contributed by atoms with E-state index in [1.54, 1.807) is 10.6 Å². The maximum atomic E-state index is 13.5. The van der Waals surface area contributed by atoms with Crippen LogP contribution in [0.25, 0.3) is 10.3 Å². The molecule has 0 bridgehead atoms. The van der Waals surface area contributed by atoms with Gasteiger partial charge in [-0.2, -0.15) is 4.98 Å². The molecule has 180 valence electrons. The highest BCUT2D eigenvalue weighted by Gasteiger charge is 2.29. The van der Waals surface area contributed by atoms with Crippen LogP contribution in [0, 0.1) is 6.92 Å². The average Bonchev–Trinajstić information content (AvgIpc) is 3.43. The first kappa shape index (κ1) is 22.5. The third-order valence-corrected chi connectivity index (χ3v) is 6.93. The second-order valence-electron chi connectivity index (χ2n) is 8.68. The lowest BCUT2D eigenvalue weighted by Crippen LogP contribution is -2.53. The van der Waals surface area contributed by atoms with Crippen molar-refractivity contribution in [2.75, 3.05) is 53.6 Å². The third-order valence-electron chi connectivity index (χ3n) is 6.21. The minimum absolute atomic E-state index is 0.0153. The number of aryl methyl sites for hydroxylation is 1. The van der Waals surface area contributed by atoms with E-state index in [9.17, 15) is 9.18 Å². The molecular weight excluding hydrogens is 459 g/mol. The van der Waals surface area contributed by atoms with Crippen LogP contribution < -0.4 is 20.9 Å². The zero-order valence-electron chi connectivity index (χ0n) is 19.1. The van der Waals surface area contributed by atoms with Crippen molar-refractivity contribution in [3.63, 3.8) is 0 Å². The highest BCUT2D eigenvalue weighted by atomic mass is 32.1. The summed E-state index contributed by atoms with van der Waals surface area (Å²) in [6, 6.07) is 5.70. The second-order valence-corrected chi connectivity index (χ2v) is 9.51. The van der Waals surface area contributed by atoms with Crippen molar-refractivity contribution < 1.29 is 14.0 Å². The molecule has 2 aliphatic rings. The van der Waals surface area contributed by atoms with E-state index >= 15 is 0 Å². The van der Waals surface area contributed by atoms with E-state index in [-0.39, 0.29) is 12.0 Å². The number of halogens is 1. The van der Waals surface area contributed by atoms with Crippen molar-refractivity contribution in [3.05, 3.63) is 29.3 Å². The number of aromatic nitrogens is 3. The van der Waals surface area contributed by atoms with Gasteiger partial charge in [-0.25, -0.2) is 19.2 Å². The van der Waals surface area contributed by atoms with Gasteiger partial charge in [0, 0.05) is 37.1 Å². The van der Waals surface area contributed by atoms with E-state index in [1.165, 1.54) is 11.3 Å². The Bertz CT molecular complexity index is 1210. The van der Waals surface area contributed by atoms with Crippen molar-refractivity contribution in [1.29, 1.82) is 0 Å². The molecule has 0 radical (unpaired) electrons. The van der Waals surface area contributed by atoms with Gasteiger partial charge in [0.1, 0.15) is 11.7 Å². The summed E-state index contributed by atoms with van der Waals surface area (Å²) in [6.07, 6.45) is -0.777. The molecule has 34 heavy (non-hydrogen) atoms. The number of carbonyl (C=O) groups excluding carboxylic acids is 1. The van der Waals surface area contributed by atoms with E-state index in [2.05, 4.69) is 25.2 Å².